The number of amides is 3. The molecule has 32 heavy (non-hydrogen) atoms. The summed E-state index contributed by atoms with van der Waals surface area (Å²) in [6.45, 7) is 1.80. The Bertz CT molecular complexity index is 614. The highest BCUT2D eigenvalue weighted by molar-refractivity contribution is 5.86. The summed E-state index contributed by atoms with van der Waals surface area (Å²) >= 11 is 0. The minimum Gasteiger partial charge on any atom is -0.481 e. The van der Waals surface area contributed by atoms with E-state index in [1.807, 2.05) is 0 Å². The van der Waals surface area contributed by atoms with Gasteiger partial charge in [-0.1, -0.05) is 45.4 Å². The summed E-state index contributed by atoms with van der Waals surface area (Å²) < 4.78 is 0. The van der Waals surface area contributed by atoms with Crippen molar-refractivity contribution in [2.75, 3.05) is 13.2 Å². The quantitative estimate of drug-likeness (QED) is 0.123. The number of urea groups is 1. The Balaban J connectivity index is 4.41. The molecule has 0 aromatic carbocycles. The number of unbranched alkanes of at least 4 members (excludes halogenated alkanes) is 6. The first-order valence-corrected chi connectivity index (χ1v) is 11.1. The molecule has 184 valence electrons. The Morgan fingerprint density at radius 2 is 1.59 bits per heavy atom. The normalized spacial score (nSPS) is 13.4. The van der Waals surface area contributed by atoms with Crippen LogP contribution in [-0.2, 0) is 19.2 Å². The first-order valence-electron chi connectivity index (χ1n) is 11.1. The number of carboxylic acid groups (broad SMARTS) is 2. The Labute approximate surface area is 188 Å². The third-order valence-electron chi connectivity index (χ3n) is 5.02. The number of carbonyl (C=O) groups excluding carboxylic acids is 3. The zero-order chi connectivity index (χ0) is 24.4. The topological polar surface area (TPSA) is 182 Å². The molecule has 0 saturated carbocycles. The van der Waals surface area contributed by atoms with Crippen LogP contribution in [0.5, 0.6) is 0 Å². The highest BCUT2D eigenvalue weighted by atomic mass is 16.4. The van der Waals surface area contributed by atoms with Gasteiger partial charge in [0.15, 0.2) is 0 Å². The van der Waals surface area contributed by atoms with Gasteiger partial charge in [-0.2, -0.15) is 0 Å². The third kappa shape index (κ3) is 13.6. The number of hydrogen-bond donors (Lipinski definition) is 6. The lowest BCUT2D eigenvalue weighted by Crippen LogP contribution is -2.58. The Morgan fingerprint density at radius 1 is 0.969 bits per heavy atom. The second-order valence-electron chi connectivity index (χ2n) is 7.83. The third-order valence-corrected chi connectivity index (χ3v) is 5.02. The standard InChI is InChI=1S/C21H37N3O8/c1-2-3-4-5-6-7-8-13-22-17(27)10-9-16(19(30)31)23-20(32)24-21(14-25,15-26)12-11-18(28)29/h14,16,26H,2-13,15H2,1H3,(H,22,27)(H,28,29)(H,30,31)(H2,23,24,32)/t16-,21-/m0/s1. The molecule has 0 saturated heterocycles. The molecule has 0 fully saturated rings. The van der Waals surface area contributed by atoms with E-state index >= 15 is 0 Å². The number of hydrogen-bond acceptors (Lipinski definition) is 6. The van der Waals surface area contributed by atoms with Crippen LogP contribution in [0.1, 0.15) is 77.6 Å². The first kappa shape index (κ1) is 29.3. The molecule has 0 aromatic heterocycles. The van der Waals surface area contributed by atoms with Gasteiger partial charge in [0, 0.05) is 19.4 Å². The summed E-state index contributed by atoms with van der Waals surface area (Å²) in [5, 5.41) is 34.4. The summed E-state index contributed by atoms with van der Waals surface area (Å²) in [6.07, 6.45) is 6.83. The lowest BCUT2D eigenvalue weighted by Gasteiger charge is -2.27. The van der Waals surface area contributed by atoms with Crippen molar-refractivity contribution in [2.45, 2.75) is 89.1 Å². The molecule has 6 N–H and O–H groups in total. The summed E-state index contributed by atoms with van der Waals surface area (Å²) in [7, 11) is 0. The van der Waals surface area contributed by atoms with Crippen molar-refractivity contribution in [2.24, 2.45) is 0 Å². The van der Waals surface area contributed by atoms with Crippen LogP contribution in [0.25, 0.3) is 0 Å². The summed E-state index contributed by atoms with van der Waals surface area (Å²) in [4.78, 5) is 57.4. The Kier molecular flexibility index (Phi) is 15.5. The number of carbonyl (C=O) groups is 5. The van der Waals surface area contributed by atoms with Gasteiger partial charge in [0.05, 0.1) is 6.61 Å². The maximum Gasteiger partial charge on any atom is 0.326 e. The first-order chi connectivity index (χ1) is 15.2. The van der Waals surface area contributed by atoms with E-state index in [1.54, 1.807) is 0 Å². The molecule has 0 aliphatic carbocycles. The van der Waals surface area contributed by atoms with E-state index in [9.17, 15) is 34.2 Å². The highest BCUT2D eigenvalue weighted by Crippen LogP contribution is 2.10. The second kappa shape index (κ2) is 16.9. The molecule has 0 unspecified atom stereocenters. The number of nitrogens with one attached hydrogen (secondary N) is 3. The SMILES string of the molecule is CCCCCCCCCNC(=O)CC[C@H](NC(=O)N[C@@](C=O)(CO)CCC(=O)O)C(=O)O. The summed E-state index contributed by atoms with van der Waals surface area (Å²) in [5.41, 5.74) is -1.85. The van der Waals surface area contributed by atoms with E-state index in [4.69, 9.17) is 5.11 Å². The molecule has 0 bridgehead atoms. The summed E-state index contributed by atoms with van der Waals surface area (Å²) in [6, 6.07) is -2.46. The molecule has 0 rings (SSSR count). The second-order valence-corrected chi connectivity index (χ2v) is 7.83. The van der Waals surface area contributed by atoms with E-state index in [1.165, 1.54) is 25.7 Å². The van der Waals surface area contributed by atoms with Crippen molar-refractivity contribution >= 4 is 30.2 Å². The van der Waals surface area contributed by atoms with Gasteiger partial charge in [0.1, 0.15) is 17.9 Å². The zero-order valence-corrected chi connectivity index (χ0v) is 18.7. The van der Waals surface area contributed by atoms with Crippen molar-refractivity contribution in [1.82, 2.24) is 16.0 Å². The van der Waals surface area contributed by atoms with Crippen molar-refractivity contribution < 1.29 is 39.3 Å². The van der Waals surface area contributed by atoms with Gasteiger partial charge in [-0.05, 0) is 19.3 Å². The lowest BCUT2D eigenvalue weighted by atomic mass is 9.96. The van der Waals surface area contributed by atoms with Gasteiger partial charge < -0.3 is 36.1 Å². The van der Waals surface area contributed by atoms with Gasteiger partial charge in [-0.3, -0.25) is 9.59 Å². The van der Waals surface area contributed by atoms with Gasteiger partial charge in [0.2, 0.25) is 5.91 Å². The van der Waals surface area contributed by atoms with Crippen LogP contribution in [0.2, 0.25) is 0 Å². The van der Waals surface area contributed by atoms with Crippen LogP contribution in [0.3, 0.4) is 0 Å². The smallest absolute Gasteiger partial charge is 0.326 e. The molecule has 11 nitrogen and oxygen atoms in total. The van der Waals surface area contributed by atoms with Gasteiger partial charge in [-0.25, -0.2) is 9.59 Å². The fourth-order valence-corrected chi connectivity index (χ4v) is 2.99. The molecule has 2 atom stereocenters. The van der Waals surface area contributed by atoms with Crippen molar-refractivity contribution in [3.8, 4) is 0 Å². The predicted molar refractivity (Wildman–Crippen MR) is 116 cm³/mol. The van der Waals surface area contributed by atoms with E-state index in [0.717, 1.165) is 19.3 Å². The van der Waals surface area contributed by atoms with Crippen LogP contribution in [0.4, 0.5) is 4.79 Å². The molecule has 0 spiro atoms. The minimum absolute atomic E-state index is 0.119. The lowest BCUT2D eigenvalue weighted by molar-refractivity contribution is -0.139. The number of aliphatic hydroxyl groups is 1. The molecule has 0 radical (unpaired) electrons. The average molecular weight is 460 g/mol. The van der Waals surface area contributed by atoms with E-state index in [2.05, 4.69) is 22.9 Å². The largest absolute Gasteiger partial charge is 0.481 e. The fourth-order valence-electron chi connectivity index (χ4n) is 2.99. The van der Waals surface area contributed by atoms with Crippen LogP contribution in [-0.4, -0.2) is 70.2 Å². The van der Waals surface area contributed by atoms with Gasteiger partial charge in [-0.15, -0.1) is 0 Å². The van der Waals surface area contributed by atoms with E-state index in [-0.39, 0.29) is 31.5 Å². The maximum atomic E-state index is 12.1. The van der Waals surface area contributed by atoms with Crippen molar-refractivity contribution in [3.63, 3.8) is 0 Å². The molecule has 0 aliphatic heterocycles. The zero-order valence-electron chi connectivity index (χ0n) is 18.7. The molecular formula is C21H37N3O8. The van der Waals surface area contributed by atoms with E-state index in [0.29, 0.717) is 6.54 Å². The molecule has 0 aliphatic rings. The maximum absolute atomic E-state index is 12.1. The molecule has 11 heteroatoms. The Hall–Kier alpha value is -2.69. The van der Waals surface area contributed by atoms with Crippen LogP contribution < -0.4 is 16.0 Å². The van der Waals surface area contributed by atoms with Gasteiger partial charge in [0.25, 0.3) is 0 Å². The van der Waals surface area contributed by atoms with Gasteiger partial charge >= 0.3 is 18.0 Å². The molecule has 0 heterocycles. The molecular weight excluding hydrogens is 422 g/mol. The highest BCUT2D eigenvalue weighted by Gasteiger charge is 2.33. The monoisotopic (exact) mass is 459 g/mol. The van der Waals surface area contributed by atoms with Crippen LogP contribution >= 0.6 is 0 Å². The van der Waals surface area contributed by atoms with Crippen LogP contribution in [0, 0.1) is 0 Å². The van der Waals surface area contributed by atoms with Crippen molar-refractivity contribution in [1.29, 1.82) is 0 Å². The predicted octanol–water partition coefficient (Wildman–Crippen LogP) is 1.18. The Morgan fingerprint density at radius 3 is 2.12 bits per heavy atom. The fraction of sp³-hybridized carbons (Fsp3) is 0.762. The number of carboxylic acids is 2. The molecule has 3 amide bonds. The average Bonchev–Trinajstić information content (AvgIpc) is 2.75. The number of aldehydes is 1. The van der Waals surface area contributed by atoms with Crippen molar-refractivity contribution in [3.05, 3.63) is 0 Å². The molecule has 0 aromatic rings. The van der Waals surface area contributed by atoms with E-state index < -0.39 is 42.6 Å². The summed E-state index contributed by atoms with van der Waals surface area (Å²) in [5.74, 6) is -2.92. The number of aliphatic hydroxyl groups excluding tert-OH is 1. The number of aliphatic carboxylic acids is 2. The van der Waals surface area contributed by atoms with Crippen LogP contribution in [0.15, 0.2) is 0 Å². The number of rotatable bonds is 19. The minimum atomic E-state index is -1.85.